The fraction of sp³-hybridized carbons (Fsp3) is 0.375. The van der Waals surface area contributed by atoms with Crippen molar-refractivity contribution in [3.63, 3.8) is 0 Å². The van der Waals surface area contributed by atoms with Crippen LogP contribution in [0, 0.1) is 12.8 Å². The molecule has 5 rings (SSSR count). The van der Waals surface area contributed by atoms with E-state index < -0.39 is 35.5 Å². The quantitative estimate of drug-likeness (QED) is 0.252. The number of hydrogen-bond acceptors (Lipinski definition) is 6. The maximum Gasteiger partial charge on any atom is 0.340 e. The van der Waals surface area contributed by atoms with Crippen molar-refractivity contribution in [1.29, 1.82) is 0 Å². The zero-order valence-corrected chi connectivity index (χ0v) is 23.4. The van der Waals surface area contributed by atoms with Crippen LogP contribution in [0.3, 0.4) is 0 Å². The molecule has 2 amide bonds. The van der Waals surface area contributed by atoms with E-state index in [1.54, 1.807) is 50.2 Å². The third kappa shape index (κ3) is 5.62. The minimum Gasteiger partial charge on any atom is -0.479 e. The van der Waals surface area contributed by atoms with E-state index in [0.717, 1.165) is 42.2 Å². The summed E-state index contributed by atoms with van der Waals surface area (Å²) < 4.78 is 11.7. The number of carbonyl (C=O) groups excluding carboxylic acids is 2. The minimum atomic E-state index is -1.27. The largest absolute Gasteiger partial charge is 0.479 e. The molecule has 0 aliphatic heterocycles. The van der Waals surface area contributed by atoms with Gasteiger partial charge in [0.15, 0.2) is 6.04 Å². The predicted molar refractivity (Wildman–Crippen MR) is 154 cm³/mol. The van der Waals surface area contributed by atoms with Gasteiger partial charge in [-0.25, -0.2) is 9.59 Å². The Bertz CT molecular complexity index is 1690. The van der Waals surface area contributed by atoms with Crippen molar-refractivity contribution in [2.24, 2.45) is 5.92 Å². The van der Waals surface area contributed by atoms with Gasteiger partial charge in [0.1, 0.15) is 23.0 Å². The summed E-state index contributed by atoms with van der Waals surface area (Å²) in [6.07, 6.45) is 4.27. The normalized spacial score (nSPS) is 15.2. The predicted octanol–water partition coefficient (Wildman–Crippen LogP) is 4.74. The number of rotatable bonds is 9. The zero-order chi connectivity index (χ0) is 29.3. The van der Waals surface area contributed by atoms with Gasteiger partial charge in [-0.15, -0.1) is 0 Å². The SMILES string of the molecule is CC[C@H](C)[C@H](NC(=O)Cc1c(C)c2cc3c4c(oc3cc2oc1=O)CCCC4)C(=O)N[C@H](C(=O)O)c1ccccc1. The summed E-state index contributed by atoms with van der Waals surface area (Å²) in [5, 5.41) is 16.8. The third-order valence-corrected chi connectivity index (χ3v) is 8.18. The van der Waals surface area contributed by atoms with Gasteiger partial charge in [0, 0.05) is 28.8 Å². The van der Waals surface area contributed by atoms with E-state index in [0.29, 0.717) is 28.7 Å². The Morgan fingerprint density at radius 2 is 1.68 bits per heavy atom. The Labute approximate surface area is 236 Å². The first kappa shape index (κ1) is 28.1. The van der Waals surface area contributed by atoms with Gasteiger partial charge in [0.25, 0.3) is 0 Å². The van der Waals surface area contributed by atoms with Crippen LogP contribution in [-0.4, -0.2) is 28.9 Å². The van der Waals surface area contributed by atoms with Crippen LogP contribution >= 0.6 is 0 Å². The lowest BCUT2D eigenvalue weighted by atomic mass is 9.94. The van der Waals surface area contributed by atoms with Gasteiger partial charge in [0.2, 0.25) is 11.8 Å². The summed E-state index contributed by atoms with van der Waals surface area (Å²) in [7, 11) is 0. The minimum absolute atomic E-state index is 0.211. The number of aliphatic carboxylic acids is 1. The summed E-state index contributed by atoms with van der Waals surface area (Å²) in [6.45, 7) is 5.46. The molecule has 41 heavy (non-hydrogen) atoms. The molecule has 0 saturated carbocycles. The first-order valence-corrected chi connectivity index (χ1v) is 14.1. The molecule has 214 valence electrons. The maximum atomic E-state index is 13.3. The second kappa shape index (κ2) is 11.6. The molecule has 4 aromatic rings. The summed E-state index contributed by atoms with van der Waals surface area (Å²) >= 11 is 0. The van der Waals surface area contributed by atoms with Crippen LogP contribution in [0.1, 0.15) is 67.2 Å². The molecule has 0 fully saturated rings. The van der Waals surface area contributed by atoms with Crippen LogP contribution in [0.25, 0.3) is 21.9 Å². The maximum absolute atomic E-state index is 13.3. The van der Waals surface area contributed by atoms with Crippen molar-refractivity contribution in [3.8, 4) is 0 Å². The Balaban J connectivity index is 1.40. The molecule has 0 spiro atoms. The smallest absolute Gasteiger partial charge is 0.340 e. The van der Waals surface area contributed by atoms with Gasteiger partial charge in [-0.05, 0) is 49.3 Å². The molecule has 1 aliphatic rings. The zero-order valence-electron chi connectivity index (χ0n) is 23.4. The van der Waals surface area contributed by atoms with Crippen LogP contribution in [0.5, 0.6) is 0 Å². The monoisotopic (exact) mass is 558 g/mol. The van der Waals surface area contributed by atoms with E-state index >= 15 is 0 Å². The van der Waals surface area contributed by atoms with Crippen molar-refractivity contribution in [2.75, 3.05) is 0 Å². The molecule has 0 bridgehead atoms. The van der Waals surface area contributed by atoms with Crippen molar-refractivity contribution < 1.29 is 28.3 Å². The number of benzene rings is 2. The fourth-order valence-electron chi connectivity index (χ4n) is 5.60. The van der Waals surface area contributed by atoms with E-state index in [1.807, 2.05) is 13.0 Å². The Hall–Kier alpha value is -4.40. The van der Waals surface area contributed by atoms with Gasteiger partial charge in [-0.2, -0.15) is 0 Å². The number of carbonyl (C=O) groups is 3. The van der Waals surface area contributed by atoms with Gasteiger partial charge in [-0.1, -0.05) is 50.6 Å². The molecule has 0 saturated heterocycles. The molecule has 2 aromatic heterocycles. The van der Waals surface area contributed by atoms with Crippen molar-refractivity contribution in [2.45, 2.75) is 71.4 Å². The molecule has 0 unspecified atom stereocenters. The molecule has 9 heteroatoms. The highest BCUT2D eigenvalue weighted by Crippen LogP contribution is 2.35. The van der Waals surface area contributed by atoms with E-state index in [2.05, 4.69) is 10.6 Å². The van der Waals surface area contributed by atoms with Crippen LogP contribution < -0.4 is 16.3 Å². The lowest BCUT2D eigenvalue weighted by Gasteiger charge is -2.25. The number of hydrogen-bond donors (Lipinski definition) is 3. The van der Waals surface area contributed by atoms with Crippen LogP contribution in [-0.2, 0) is 33.6 Å². The standard InChI is InChI=1S/C32H34N2O7/c1-4-17(2)28(30(36)34-29(31(37)38)19-10-6-5-7-11-19)33-27(35)15-22-18(3)21-14-23-20-12-8-9-13-24(20)40-26(23)16-25(21)41-32(22)39/h5-7,10-11,14,16-17,28-29H,4,8-9,12-13,15H2,1-3H3,(H,33,35)(H,34,36)(H,37,38)/t17-,28-,29-/m0/s1. The first-order valence-electron chi connectivity index (χ1n) is 14.1. The number of amides is 2. The van der Waals surface area contributed by atoms with E-state index in [9.17, 15) is 24.3 Å². The van der Waals surface area contributed by atoms with E-state index in [-0.39, 0.29) is 17.9 Å². The second-order valence-corrected chi connectivity index (χ2v) is 10.8. The molecular formula is C32H34N2O7. The Morgan fingerprint density at radius 3 is 2.39 bits per heavy atom. The Kier molecular flexibility index (Phi) is 7.97. The molecule has 1 aliphatic carbocycles. The number of carboxylic acids is 1. The number of nitrogens with one attached hydrogen (secondary N) is 2. The summed E-state index contributed by atoms with van der Waals surface area (Å²) in [6, 6.07) is 9.82. The number of fused-ring (bicyclic) bond motifs is 4. The van der Waals surface area contributed by atoms with E-state index in [1.165, 1.54) is 5.56 Å². The molecular weight excluding hydrogens is 524 g/mol. The molecule has 3 atom stereocenters. The molecule has 9 nitrogen and oxygen atoms in total. The fourth-order valence-corrected chi connectivity index (χ4v) is 5.60. The van der Waals surface area contributed by atoms with Gasteiger partial charge < -0.3 is 24.6 Å². The van der Waals surface area contributed by atoms with E-state index in [4.69, 9.17) is 8.83 Å². The molecule has 3 N–H and O–H groups in total. The van der Waals surface area contributed by atoms with Gasteiger partial charge >= 0.3 is 11.6 Å². The average Bonchev–Trinajstić information content (AvgIpc) is 3.33. The van der Waals surface area contributed by atoms with Crippen molar-refractivity contribution >= 4 is 39.7 Å². The summed E-state index contributed by atoms with van der Waals surface area (Å²) in [4.78, 5) is 51.4. The molecule has 2 aromatic carbocycles. The topological polar surface area (TPSA) is 139 Å². The summed E-state index contributed by atoms with van der Waals surface area (Å²) in [5.41, 5.74) is 2.92. The first-order chi connectivity index (χ1) is 19.7. The van der Waals surface area contributed by atoms with Gasteiger partial charge in [0.05, 0.1) is 12.0 Å². The van der Waals surface area contributed by atoms with Crippen LogP contribution in [0.4, 0.5) is 0 Å². The third-order valence-electron chi connectivity index (χ3n) is 8.18. The second-order valence-electron chi connectivity index (χ2n) is 10.8. The number of carboxylic acid groups (broad SMARTS) is 1. The van der Waals surface area contributed by atoms with Crippen molar-refractivity contribution in [1.82, 2.24) is 10.6 Å². The van der Waals surface area contributed by atoms with Gasteiger partial charge in [-0.3, -0.25) is 9.59 Å². The van der Waals surface area contributed by atoms with Crippen molar-refractivity contribution in [3.05, 3.63) is 80.9 Å². The molecule has 2 heterocycles. The molecule has 0 radical (unpaired) electrons. The highest BCUT2D eigenvalue weighted by atomic mass is 16.4. The highest BCUT2D eigenvalue weighted by Gasteiger charge is 2.31. The summed E-state index contributed by atoms with van der Waals surface area (Å²) in [5.74, 6) is -1.67. The highest BCUT2D eigenvalue weighted by molar-refractivity contribution is 5.97. The average molecular weight is 559 g/mol. The number of furan rings is 1. The van der Waals surface area contributed by atoms with Crippen LogP contribution in [0.2, 0.25) is 0 Å². The Morgan fingerprint density at radius 1 is 0.976 bits per heavy atom. The lowest BCUT2D eigenvalue weighted by molar-refractivity contribution is -0.142. The lowest BCUT2D eigenvalue weighted by Crippen LogP contribution is -2.52. The number of aryl methyl sites for hydroxylation is 3. The van der Waals surface area contributed by atoms with Crippen LogP contribution in [0.15, 0.2) is 56.1 Å².